The predicted molar refractivity (Wildman–Crippen MR) is 86.7 cm³/mol. The topological polar surface area (TPSA) is 50.8 Å². The highest BCUT2D eigenvalue weighted by molar-refractivity contribution is 14.0. The molecule has 0 saturated heterocycles. The number of ether oxygens (including phenoxy) is 1. The van der Waals surface area contributed by atoms with Crippen molar-refractivity contribution in [1.82, 2.24) is 4.90 Å². The summed E-state index contributed by atoms with van der Waals surface area (Å²) < 4.78 is 5.10. The van der Waals surface area contributed by atoms with Gasteiger partial charge in [-0.2, -0.15) is 0 Å². The highest BCUT2D eigenvalue weighted by Gasteiger charge is 2.01. The van der Waals surface area contributed by atoms with Crippen LogP contribution >= 0.6 is 24.0 Å². The van der Waals surface area contributed by atoms with Gasteiger partial charge in [-0.15, -0.1) is 24.0 Å². The summed E-state index contributed by atoms with van der Waals surface area (Å²) in [6.45, 7) is 6.51. The van der Waals surface area contributed by atoms with Gasteiger partial charge in [0.1, 0.15) is 5.75 Å². The molecule has 0 spiro atoms. The number of hydrogen-bond donors (Lipinski definition) is 1. The molecule has 4 nitrogen and oxygen atoms in total. The Bertz CT molecular complexity index is 361. The fourth-order valence-electron chi connectivity index (χ4n) is 1.55. The molecule has 0 aliphatic carbocycles. The molecule has 18 heavy (non-hydrogen) atoms. The second kappa shape index (κ2) is 9.02. The Morgan fingerprint density at radius 2 is 1.78 bits per heavy atom. The minimum Gasteiger partial charge on any atom is -0.497 e. The second-order valence-electron chi connectivity index (χ2n) is 3.69. The van der Waals surface area contributed by atoms with E-state index in [1.54, 1.807) is 7.11 Å². The third kappa shape index (κ3) is 5.12. The smallest absolute Gasteiger partial charge is 0.191 e. The van der Waals surface area contributed by atoms with E-state index in [1.807, 2.05) is 29.2 Å². The van der Waals surface area contributed by atoms with Crippen LogP contribution in [0.4, 0.5) is 0 Å². The van der Waals surface area contributed by atoms with Gasteiger partial charge in [-0.1, -0.05) is 12.1 Å². The zero-order valence-corrected chi connectivity index (χ0v) is 13.5. The molecule has 0 aromatic heterocycles. The van der Waals surface area contributed by atoms with Crippen LogP contribution in [0.3, 0.4) is 0 Å². The number of aliphatic imine (C=N–C) groups is 1. The van der Waals surface area contributed by atoms with E-state index in [4.69, 9.17) is 10.5 Å². The van der Waals surface area contributed by atoms with Crippen molar-refractivity contribution in [3.8, 4) is 5.75 Å². The Balaban J connectivity index is 0.00000289. The fraction of sp³-hybridized carbons (Fsp3) is 0.462. The van der Waals surface area contributed by atoms with Crippen molar-refractivity contribution >= 4 is 29.9 Å². The molecule has 0 atom stereocenters. The van der Waals surface area contributed by atoms with Crippen molar-refractivity contribution in [2.75, 3.05) is 20.2 Å². The number of nitrogens with two attached hydrogens (primary N) is 1. The van der Waals surface area contributed by atoms with Crippen LogP contribution in [-0.2, 0) is 6.54 Å². The first-order valence-corrected chi connectivity index (χ1v) is 5.89. The van der Waals surface area contributed by atoms with Crippen LogP contribution in [0.25, 0.3) is 0 Å². The standard InChI is InChI=1S/C13H21N3O.HI/c1-4-16(5-2)13(14)15-10-11-6-8-12(17-3)9-7-11;/h6-9H,4-5,10H2,1-3H3,(H2,14,15);1H. The van der Waals surface area contributed by atoms with Crippen molar-refractivity contribution in [1.29, 1.82) is 0 Å². The molecule has 0 fully saturated rings. The van der Waals surface area contributed by atoms with Crippen LogP contribution in [0.1, 0.15) is 19.4 Å². The summed E-state index contributed by atoms with van der Waals surface area (Å²) in [6, 6.07) is 7.85. The predicted octanol–water partition coefficient (Wildman–Crippen LogP) is 2.47. The quantitative estimate of drug-likeness (QED) is 0.497. The van der Waals surface area contributed by atoms with Crippen molar-refractivity contribution in [2.24, 2.45) is 10.7 Å². The van der Waals surface area contributed by atoms with Gasteiger partial charge in [0.05, 0.1) is 13.7 Å². The highest BCUT2D eigenvalue weighted by atomic mass is 127. The molecule has 0 heterocycles. The van der Waals surface area contributed by atoms with Crippen molar-refractivity contribution < 1.29 is 4.74 Å². The lowest BCUT2D eigenvalue weighted by Gasteiger charge is -2.19. The number of halogens is 1. The average molecular weight is 363 g/mol. The van der Waals surface area contributed by atoms with E-state index in [2.05, 4.69) is 18.8 Å². The van der Waals surface area contributed by atoms with Gasteiger partial charge in [0.25, 0.3) is 0 Å². The van der Waals surface area contributed by atoms with E-state index < -0.39 is 0 Å². The minimum absolute atomic E-state index is 0. The van der Waals surface area contributed by atoms with Crippen LogP contribution in [0.15, 0.2) is 29.3 Å². The largest absolute Gasteiger partial charge is 0.497 e. The Labute approximate surface area is 126 Å². The third-order valence-electron chi connectivity index (χ3n) is 2.67. The molecular formula is C13H22IN3O. The number of guanidine groups is 1. The molecule has 1 aromatic rings. The van der Waals surface area contributed by atoms with Gasteiger partial charge < -0.3 is 15.4 Å². The van der Waals surface area contributed by atoms with Gasteiger partial charge in [0, 0.05) is 13.1 Å². The van der Waals surface area contributed by atoms with Gasteiger partial charge in [0.15, 0.2) is 5.96 Å². The first-order chi connectivity index (χ1) is 8.21. The maximum atomic E-state index is 5.89. The number of hydrogen-bond acceptors (Lipinski definition) is 2. The summed E-state index contributed by atoms with van der Waals surface area (Å²) in [6.07, 6.45) is 0. The zero-order chi connectivity index (χ0) is 12.7. The second-order valence-corrected chi connectivity index (χ2v) is 3.69. The van der Waals surface area contributed by atoms with Crippen LogP contribution < -0.4 is 10.5 Å². The van der Waals surface area contributed by atoms with Crippen LogP contribution in [0.2, 0.25) is 0 Å². The van der Waals surface area contributed by atoms with Gasteiger partial charge in [0.2, 0.25) is 0 Å². The maximum absolute atomic E-state index is 5.89. The lowest BCUT2D eigenvalue weighted by molar-refractivity contribution is 0.414. The first kappa shape index (κ1) is 17.0. The summed E-state index contributed by atoms with van der Waals surface area (Å²) in [5, 5.41) is 0. The molecule has 1 aromatic carbocycles. The molecule has 2 N–H and O–H groups in total. The van der Waals surface area contributed by atoms with Crippen molar-refractivity contribution in [3.63, 3.8) is 0 Å². The summed E-state index contributed by atoms with van der Waals surface area (Å²) in [4.78, 5) is 6.40. The lowest BCUT2D eigenvalue weighted by atomic mass is 10.2. The van der Waals surface area contributed by atoms with Crippen molar-refractivity contribution in [3.05, 3.63) is 29.8 Å². The van der Waals surface area contributed by atoms with Gasteiger partial charge >= 0.3 is 0 Å². The van der Waals surface area contributed by atoms with E-state index in [1.165, 1.54) is 0 Å². The van der Waals surface area contributed by atoms with Crippen LogP contribution in [-0.4, -0.2) is 31.1 Å². The van der Waals surface area contributed by atoms with E-state index in [-0.39, 0.29) is 24.0 Å². The van der Waals surface area contributed by atoms with E-state index in [0.29, 0.717) is 12.5 Å². The molecule has 1 rings (SSSR count). The van der Waals surface area contributed by atoms with Crippen molar-refractivity contribution in [2.45, 2.75) is 20.4 Å². The summed E-state index contributed by atoms with van der Waals surface area (Å²) in [5.41, 5.74) is 7.02. The zero-order valence-electron chi connectivity index (χ0n) is 11.2. The van der Waals surface area contributed by atoms with E-state index in [0.717, 1.165) is 24.4 Å². The third-order valence-corrected chi connectivity index (χ3v) is 2.67. The Morgan fingerprint density at radius 1 is 1.22 bits per heavy atom. The molecule has 0 amide bonds. The molecule has 0 saturated carbocycles. The minimum atomic E-state index is 0. The van der Waals surface area contributed by atoms with Gasteiger partial charge in [-0.05, 0) is 31.5 Å². The number of benzene rings is 1. The maximum Gasteiger partial charge on any atom is 0.191 e. The normalized spacial score (nSPS) is 10.7. The average Bonchev–Trinajstić information content (AvgIpc) is 2.38. The molecule has 102 valence electrons. The molecule has 0 aliphatic heterocycles. The lowest BCUT2D eigenvalue weighted by Crippen LogP contribution is -2.37. The highest BCUT2D eigenvalue weighted by Crippen LogP contribution is 2.11. The van der Waals surface area contributed by atoms with Gasteiger partial charge in [-0.3, -0.25) is 0 Å². The molecule has 0 aliphatic rings. The molecule has 0 bridgehead atoms. The summed E-state index contributed by atoms with van der Waals surface area (Å²) >= 11 is 0. The molecular weight excluding hydrogens is 341 g/mol. The summed E-state index contributed by atoms with van der Waals surface area (Å²) in [5.74, 6) is 1.46. The fourth-order valence-corrected chi connectivity index (χ4v) is 1.55. The Morgan fingerprint density at radius 3 is 2.22 bits per heavy atom. The first-order valence-electron chi connectivity index (χ1n) is 5.89. The monoisotopic (exact) mass is 363 g/mol. The van der Waals surface area contributed by atoms with E-state index >= 15 is 0 Å². The van der Waals surface area contributed by atoms with Crippen LogP contribution in [0, 0.1) is 0 Å². The van der Waals surface area contributed by atoms with Crippen LogP contribution in [0.5, 0.6) is 5.75 Å². The Kier molecular flexibility index (Phi) is 8.53. The van der Waals surface area contributed by atoms with Gasteiger partial charge in [-0.25, -0.2) is 4.99 Å². The molecule has 5 heteroatoms. The number of methoxy groups -OCH3 is 1. The number of nitrogens with zero attached hydrogens (tertiary/aromatic N) is 2. The Hall–Kier alpha value is -0.980. The SMILES string of the molecule is CCN(CC)C(N)=NCc1ccc(OC)cc1.I. The molecule has 0 unspecified atom stereocenters. The summed E-state index contributed by atoms with van der Waals surface area (Å²) in [7, 11) is 1.66. The van der Waals surface area contributed by atoms with E-state index in [9.17, 15) is 0 Å². The molecule has 0 radical (unpaired) electrons. The number of rotatable bonds is 5.